The molecule has 1 atom stereocenters. The Balaban J connectivity index is 1.90. The zero-order chi connectivity index (χ0) is 14.6. The average molecular weight is 295 g/mol. The summed E-state index contributed by atoms with van der Waals surface area (Å²) in [6.45, 7) is 15.1. The summed E-state index contributed by atoms with van der Waals surface area (Å²) in [5.74, 6) is 0.839. The lowest BCUT2D eigenvalue weighted by molar-refractivity contribution is 0.211. The fourth-order valence-electron chi connectivity index (χ4n) is 2.84. The molecule has 0 amide bonds. The van der Waals surface area contributed by atoms with Crippen LogP contribution in [0.1, 0.15) is 50.3 Å². The quantitative estimate of drug-likeness (QED) is 0.887. The Kier molecular flexibility index (Phi) is 5.65. The molecule has 1 fully saturated rings. The van der Waals surface area contributed by atoms with Gasteiger partial charge in [-0.05, 0) is 55.9 Å². The molecule has 2 heterocycles. The van der Waals surface area contributed by atoms with Gasteiger partial charge in [-0.25, -0.2) is 0 Å². The smallest absolute Gasteiger partial charge is 0.0328 e. The normalized spacial score (nSPS) is 20.6. The van der Waals surface area contributed by atoms with Crippen molar-refractivity contribution in [2.24, 2.45) is 5.92 Å². The molecule has 1 unspecified atom stereocenters. The van der Waals surface area contributed by atoms with Crippen molar-refractivity contribution >= 4 is 11.3 Å². The lowest BCUT2D eigenvalue weighted by Crippen LogP contribution is -2.37. The first-order chi connectivity index (χ1) is 9.49. The Morgan fingerprint density at radius 2 is 2.15 bits per heavy atom. The van der Waals surface area contributed by atoms with E-state index in [2.05, 4.69) is 50.0 Å². The first kappa shape index (κ1) is 16.0. The van der Waals surface area contributed by atoms with E-state index in [4.69, 9.17) is 0 Å². The van der Waals surface area contributed by atoms with Crippen LogP contribution in [0.2, 0.25) is 0 Å². The van der Waals surface area contributed by atoms with E-state index in [0.717, 1.165) is 19.0 Å². The fourth-order valence-corrected chi connectivity index (χ4v) is 3.94. The summed E-state index contributed by atoms with van der Waals surface area (Å²) >= 11 is 1.99. The zero-order valence-corrected chi connectivity index (χ0v) is 14.4. The molecule has 114 valence electrons. The number of hydrogen-bond acceptors (Lipinski definition) is 3. The monoisotopic (exact) mass is 294 g/mol. The van der Waals surface area contributed by atoms with E-state index in [1.165, 1.54) is 42.2 Å². The number of hydrogen-bond donors (Lipinski definition) is 1. The molecule has 2 nitrogen and oxygen atoms in total. The maximum atomic E-state index is 3.53. The van der Waals surface area contributed by atoms with Crippen molar-refractivity contribution in [1.82, 2.24) is 10.2 Å². The van der Waals surface area contributed by atoms with E-state index in [1.807, 2.05) is 11.3 Å². The van der Waals surface area contributed by atoms with Crippen molar-refractivity contribution in [3.05, 3.63) is 21.9 Å². The fraction of sp³-hybridized carbons (Fsp3) is 0.765. The van der Waals surface area contributed by atoms with Crippen LogP contribution < -0.4 is 5.32 Å². The third-order valence-corrected chi connectivity index (χ3v) is 5.64. The molecule has 0 aromatic carbocycles. The van der Waals surface area contributed by atoms with Gasteiger partial charge in [0.15, 0.2) is 0 Å². The highest BCUT2D eigenvalue weighted by molar-refractivity contribution is 7.12. The zero-order valence-electron chi connectivity index (χ0n) is 13.5. The van der Waals surface area contributed by atoms with Gasteiger partial charge >= 0.3 is 0 Å². The largest absolute Gasteiger partial charge is 0.316 e. The van der Waals surface area contributed by atoms with Gasteiger partial charge in [0, 0.05) is 22.8 Å². The topological polar surface area (TPSA) is 15.3 Å². The summed E-state index contributed by atoms with van der Waals surface area (Å²) in [5.41, 5.74) is 0.285. The summed E-state index contributed by atoms with van der Waals surface area (Å²) in [6, 6.07) is 4.64. The van der Waals surface area contributed by atoms with E-state index < -0.39 is 0 Å². The van der Waals surface area contributed by atoms with E-state index in [-0.39, 0.29) is 5.41 Å². The van der Waals surface area contributed by atoms with Crippen LogP contribution in [-0.4, -0.2) is 31.1 Å². The van der Waals surface area contributed by atoms with Crippen LogP contribution >= 0.6 is 11.3 Å². The summed E-state index contributed by atoms with van der Waals surface area (Å²) in [7, 11) is 0. The molecule has 0 aliphatic carbocycles. The molecule has 20 heavy (non-hydrogen) atoms. The van der Waals surface area contributed by atoms with Gasteiger partial charge in [-0.15, -0.1) is 11.3 Å². The molecule has 1 aliphatic rings. The highest BCUT2D eigenvalue weighted by atomic mass is 32.1. The van der Waals surface area contributed by atoms with Gasteiger partial charge in [-0.1, -0.05) is 27.7 Å². The number of piperidine rings is 1. The highest BCUT2D eigenvalue weighted by Crippen LogP contribution is 2.30. The molecule has 1 aromatic heterocycles. The number of rotatable bonds is 5. The summed E-state index contributed by atoms with van der Waals surface area (Å²) in [4.78, 5) is 5.62. The van der Waals surface area contributed by atoms with Gasteiger partial charge in [0.1, 0.15) is 0 Å². The number of nitrogens with zero attached hydrogens (tertiary/aromatic N) is 1. The third kappa shape index (κ3) is 4.57. The second kappa shape index (κ2) is 7.06. The van der Waals surface area contributed by atoms with Gasteiger partial charge < -0.3 is 5.32 Å². The Bertz CT molecular complexity index is 399. The Hall–Kier alpha value is -0.380. The molecule has 3 heteroatoms. The maximum absolute atomic E-state index is 3.53. The molecule has 0 saturated carbocycles. The SMILES string of the molecule is CCN(Cc1ccc(C(C)(C)C)s1)CC1CCCNC1. The Labute approximate surface area is 128 Å². The van der Waals surface area contributed by atoms with E-state index in [9.17, 15) is 0 Å². The predicted molar refractivity (Wildman–Crippen MR) is 89.6 cm³/mol. The van der Waals surface area contributed by atoms with Gasteiger partial charge in [0.25, 0.3) is 0 Å². The Morgan fingerprint density at radius 1 is 1.35 bits per heavy atom. The molecule has 1 saturated heterocycles. The van der Waals surface area contributed by atoms with Crippen molar-refractivity contribution in [2.45, 2.75) is 52.5 Å². The maximum Gasteiger partial charge on any atom is 0.0328 e. The van der Waals surface area contributed by atoms with Crippen LogP contribution in [-0.2, 0) is 12.0 Å². The third-order valence-electron chi connectivity index (χ3n) is 4.14. The van der Waals surface area contributed by atoms with Crippen LogP contribution in [0.5, 0.6) is 0 Å². The minimum absolute atomic E-state index is 0.285. The van der Waals surface area contributed by atoms with Crippen LogP contribution in [0.25, 0.3) is 0 Å². The van der Waals surface area contributed by atoms with Gasteiger partial charge in [0.05, 0.1) is 0 Å². The standard InChI is InChI=1S/C17H30N2S/c1-5-19(12-14-7-6-10-18-11-14)13-15-8-9-16(20-15)17(2,3)4/h8-9,14,18H,5-7,10-13H2,1-4H3. The molecule has 0 spiro atoms. The lowest BCUT2D eigenvalue weighted by atomic mass is 9.95. The summed E-state index contributed by atoms with van der Waals surface area (Å²) in [5, 5.41) is 3.53. The molecule has 1 aromatic rings. The molecular formula is C17H30N2S. The van der Waals surface area contributed by atoms with Gasteiger partial charge in [-0.2, -0.15) is 0 Å². The van der Waals surface area contributed by atoms with Gasteiger partial charge in [0.2, 0.25) is 0 Å². The molecule has 0 radical (unpaired) electrons. The van der Waals surface area contributed by atoms with E-state index in [1.54, 1.807) is 0 Å². The van der Waals surface area contributed by atoms with Crippen molar-refractivity contribution < 1.29 is 0 Å². The van der Waals surface area contributed by atoms with Crippen LogP contribution in [0.15, 0.2) is 12.1 Å². The molecule has 2 rings (SSSR count). The van der Waals surface area contributed by atoms with Crippen molar-refractivity contribution in [2.75, 3.05) is 26.2 Å². The molecular weight excluding hydrogens is 264 g/mol. The molecule has 1 aliphatic heterocycles. The first-order valence-corrected chi connectivity index (χ1v) is 8.83. The minimum atomic E-state index is 0.285. The van der Waals surface area contributed by atoms with Crippen molar-refractivity contribution in [3.8, 4) is 0 Å². The number of nitrogens with one attached hydrogen (secondary N) is 1. The first-order valence-electron chi connectivity index (χ1n) is 8.01. The van der Waals surface area contributed by atoms with Crippen molar-refractivity contribution in [1.29, 1.82) is 0 Å². The van der Waals surface area contributed by atoms with Crippen LogP contribution in [0, 0.1) is 5.92 Å². The van der Waals surface area contributed by atoms with Crippen LogP contribution in [0.4, 0.5) is 0 Å². The van der Waals surface area contributed by atoms with Crippen molar-refractivity contribution in [3.63, 3.8) is 0 Å². The second-order valence-electron chi connectivity index (χ2n) is 7.06. The average Bonchev–Trinajstić information content (AvgIpc) is 2.87. The molecule has 1 N–H and O–H groups in total. The summed E-state index contributed by atoms with van der Waals surface area (Å²) in [6.07, 6.45) is 2.73. The van der Waals surface area contributed by atoms with E-state index >= 15 is 0 Å². The van der Waals surface area contributed by atoms with Gasteiger partial charge in [-0.3, -0.25) is 4.90 Å². The molecule has 0 bridgehead atoms. The predicted octanol–water partition coefficient (Wildman–Crippen LogP) is 3.87. The number of thiophene rings is 1. The lowest BCUT2D eigenvalue weighted by Gasteiger charge is -2.29. The summed E-state index contributed by atoms with van der Waals surface area (Å²) < 4.78 is 0. The highest BCUT2D eigenvalue weighted by Gasteiger charge is 2.19. The van der Waals surface area contributed by atoms with E-state index in [0.29, 0.717) is 0 Å². The van der Waals surface area contributed by atoms with Crippen LogP contribution in [0.3, 0.4) is 0 Å². The minimum Gasteiger partial charge on any atom is -0.316 e. The second-order valence-corrected chi connectivity index (χ2v) is 8.22. The Morgan fingerprint density at radius 3 is 2.70 bits per heavy atom.